The number of thioether (sulfide) groups is 1. The molecule has 1 aliphatic rings. The fourth-order valence-electron chi connectivity index (χ4n) is 1.05. The van der Waals surface area contributed by atoms with Crippen molar-refractivity contribution in [2.45, 2.75) is 4.34 Å². The summed E-state index contributed by atoms with van der Waals surface area (Å²) in [5.74, 6) is -0.0673. The third-order valence-corrected chi connectivity index (χ3v) is 3.57. The van der Waals surface area contributed by atoms with Crippen molar-refractivity contribution in [3.8, 4) is 0 Å². The number of imide groups is 1. The van der Waals surface area contributed by atoms with E-state index in [-0.39, 0.29) is 18.3 Å². The zero-order chi connectivity index (χ0) is 10.7. The average Bonchev–Trinajstić information content (AvgIpc) is 2.84. The van der Waals surface area contributed by atoms with E-state index in [4.69, 9.17) is 0 Å². The van der Waals surface area contributed by atoms with E-state index in [0.717, 1.165) is 9.24 Å². The summed E-state index contributed by atoms with van der Waals surface area (Å²) >= 11 is 2.63. The number of ether oxygens (including phenoxy) is 1. The summed E-state index contributed by atoms with van der Waals surface area (Å²) in [4.78, 5) is 23.6. The fraction of sp³-hybridized carbons (Fsp3) is 0.429. The molecule has 1 aliphatic heterocycles. The van der Waals surface area contributed by atoms with Gasteiger partial charge in [0.1, 0.15) is 12.1 Å². The fourth-order valence-corrected chi connectivity index (χ4v) is 2.41. The van der Waals surface area contributed by atoms with Gasteiger partial charge in [-0.15, -0.1) is 10.2 Å². The van der Waals surface area contributed by atoms with Crippen molar-refractivity contribution < 1.29 is 14.3 Å². The van der Waals surface area contributed by atoms with Crippen LogP contribution in [0.3, 0.4) is 0 Å². The highest BCUT2D eigenvalue weighted by molar-refractivity contribution is 8.01. The summed E-state index contributed by atoms with van der Waals surface area (Å²) in [6.07, 6.45) is -0.558. The van der Waals surface area contributed by atoms with Crippen LogP contribution in [0.5, 0.6) is 0 Å². The van der Waals surface area contributed by atoms with Crippen molar-refractivity contribution in [3.05, 3.63) is 5.51 Å². The molecule has 0 aliphatic carbocycles. The molecule has 1 aromatic rings. The molecule has 1 fully saturated rings. The highest BCUT2D eigenvalue weighted by atomic mass is 32.2. The molecule has 2 amide bonds. The first-order valence-corrected chi connectivity index (χ1v) is 6.00. The predicted molar refractivity (Wildman–Crippen MR) is 53.7 cm³/mol. The Bertz CT molecular complexity index is 368. The standard InChI is InChI=1S/C7H7N3O3S2/c11-5(10-1-2-13-7(10)12)3-14-6-9-8-4-15-6/h4H,1-3H2. The van der Waals surface area contributed by atoms with Gasteiger partial charge in [-0.2, -0.15) is 0 Å². The molecule has 2 heterocycles. The summed E-state index contributed by atoms with van der Waals surface area (Å²) in [5.41, 5.74) is 1.59. The second kappa shape index (κ2) is 4.58. The Morgan fingerprint density at radius 1 is 1.73 bits per heavy atom. The number of cyclic esters (lactones) is 1. The molecule has 15 heavy (non-hydrogen) atoms. The van der Waals surface area contributed by atoms with E-state index in [1.54, 1.807) is 5.51 Å². The van der Waals surface area contributed by atoms with Crippen molar-refractivity contribution in [3.63, 3.8) is 0 Å². The average molecular weight is 245 g/mol. The number of hydrogen-bond donors (Lipinski definition) is 0. The van der Waals surface area contributed by atoms with Gasteiger partial charge in [0.25, 0.3) is 0 Å². The van der Waals surface area contributed by atoms with E-state index in [1.807, 2.05) is 0 Å². The van der Waals surface area contributed by atoms with Gasteiger partial charge in [0, 0.05) is 0 Å². The first-order chi connectivity index (χ1) is 7.27. The third-order valence-electron chi connectivity index (χ3n) is 1.72. The summed E-state index contributed by atoms with van der Waals surface area (Å²) in [6, 6.07) is 0. The SMILES string of the molecule is O=C(CSc1nncs1)N1CCOC1=O. The molecule has 0 bridgehead atoms. The van der Waals surface area contributed by atoms with E-state index < -0.39 is 6.09 Å². The van der Waals surface area contributed by atoms with Gasteiger partial charge in [-0.1, -0.05) is 23.1 Å². The molecule has 0 N–H and O–H groups in total. The quantitative estimate of drug-likeness (QED) is 0.726. The van der Waals surface area contributed by atoms with Gasteiger partial charge in [-0.25, -0.2) is 9.69 Å². The zero-order valence-electron chi connectivity index (χ0n) is 7.58. The monoisotopic (exact) mass is 245 g/mol. The summed E-state index contributed by atoms with van der Waals surface area (Å²) < 4.78 is 5.37. The first kappa shape index (κ1) is 10.4. The van der Waals surface area contributed by atoms with Gasteiger partial charge in [-0.3, -0.25) is 4.79 Å². The lowest BCUT2D eigenvalue weighted by Crippen LogP contribution is -2.32. The van der Waals surface area contributed by atoms with Crippen molar-refractivity contribution >= 4 is 35.1 Å². The van der Waals surface area contributed by atoms with E-state index >= 15 is 0 Å². The summed E-state index contributed by atoms with van der Waals surface area (Å²) in [5, 5.41) is 7.42. The van der Waals surface area contributed by atoms with Crippen LogP contribution < -0.4 is 0 Å². The van der Waals surface area contributed by atoms with Crippen LogP contribution in [0.1, 0.15) is 0 Å². The maximum atomic E-state index is 11.5. The van der Waals surface area contributed by atoms with Crippen LogP contribution in [0, 0.1) is 0 Å². The van der Waals surface area contributed by atoms with Gasteiger partial charge >= 0.3 is 6.09 Å². The largest absolute Gasteiger partial charge is 0.447 e. The van der Waals surface area contributed by atoms with Crippen LogP contribution in [0.15, 0.2) is 9.85 Å². The molecule has 6 nitrogen and oxygen atoms in total. The molecule has 0 saturated carbocycles. The Morgan fingerprint density at radius 2 is 2.60 bits per heavy atom. The first-order valence-electron chi connectivity index (χ1n) is 4.13. The minimum atomic E-state index is -0.558. The third kappa shape index (κ3) is 2.45. The zero-order valence-corrected chi connectivity index (χ0v) is 9.21. The van der Waals surface area contributed by atoms with Crippen LogP contribution in [-0.4, -0.2) is 46.0 Å². The highest BCUT2D eigenvalue weighted by Crippen LogP contribution is 2.19. The minimum absolute atomic E-state index is 0.185. The van der Waals surface area contributed by atoms with Gasteiger partial charge in [0.2, 0.25) is 5.91 Å². The number of aromatic nitrogens is 2. The summed E-state index contributed by atoms with van der Waals surface area (Å²) in [7, 11) is 0. The number of carbonyl (C=O) groups excluding carboxylic acids is 2. The van der Waals surface area contributed by atoms with Gasteiger partial charge in [0.05, 0.1) is 12.3 Å². The predicted octanol–water partition coefficient (Wildman–Crippen LogP) is 0.609. The number of rotatable bonds is 3. The molecule has 1 saturated heterocycles. The van der Waals surface area contributed by atoms with Crippen molar-refractivity contribution in [1.29, 1.82) is 0 Å². The van der Waals surface area contributed by atoms with Gasteiger partial charge < -0.3 is 4.74 Å². The number of amides is 2. The lowest BCUT2D eigenvalue weighted by atomic mass is 10.5. The second-order valence-electron chi connectivity index (χ2n) is 2.65. The molecule has 0 radical (unpaired) electrons. The number of nitrogens with zero attached hydrogens (tertiary/aromatic N) is 3. The molecule has 80 valence electrons. The lowest BCUT2D eigenvalue weighted by molar-refractivity contribution is -0.124. The Kier molecular flexibility index (Phi) is 3.17. The van der Waals surface area contributed by atoms with Crippen LogP contribution in [-0.2, 0) is 9.53 Å². The molecular weight excluding hydrogens is 238 g/mol. The second-order valence-corrected chi connectivity index (χ2v) is 4.71. The smallest absolute Gasteiger partial charge is 0.416 e. The maximum absolute atomic E-state index is 11.5. The molecule has 0 aromatic carbocycles. The Balaban J connectivity index is 1.84. The van der Waals surface area contributed by atoms with E-state index in [9.17, 15) is 9.59 Å². The summed E-state index contributed by atoms with van der Waals surface area (Å²) in [6.45, 7) is 0.627. The van der Waals surface area contributed by atoms with Crippen LogP contribution in [0.4, 0.5) is 4.79 Å². The topological polar surface area (TPSA) is 72.4 Å². The van der Waals surface area contributed by atoms with E-state index in [1.165, 1.54) is 23.1 Å². The van der Waals surface area contributed by atoms with Gasteiger partial charge in [0.15, 0.2) is 4.34 Å². The molecule has 0 unspecified atom stereocenters. The Hall–Kier alpha value is -1.15. The van der Waals surface area contributed by atoms with Crippen LogP contribution >= 0.6 is 23.1 Å². The van der Waals surface area contributed by atoms with Crippen molar-refractivity contribution in [2.24, 2.45) is 0 Å². The molecule has 0 spiro atoms. The normalized spacial score (nSPS) is 15.5. The lowest BCUT2D eigenvalue weighted by Gasteiger charge is -2.08. The molecular formula is C7H7N3O3S2. The van der Waals surface area contributed by atoms with E-state index in [2.05, 4.69) is 14.9 Å². The maximum Gasteiger partial charge on any atom is 0.416 e. The minimum Gasteiger partial charge on any atom is -0.447 e. The molecule has 0 atom stereocenters. The van der Waals surface area contributed by atoms with Crippen LogP contribution in [0.2, 0.25) is 0 Å². The van der Waals surface area contributed by atoms with Crippen molar-refractivity contribution in [1.82, 2.24) is 15.1 Å². The number of hydrogen-bond acceptors (Lipinski definition) is 7. The van der Waals surface area contributed by atoms with Crippen molar-refractivity contribution in [2.75, 3.05) is 18.9 Å². The van der Waals surface area contributed by atoms with Gasteiger partial charge in [-0.05, 0) is 0 Å². The van der Waals surface area contributed by atoms with Crippen LogP contribution in [0.25, 0.3) is 0 Å². The highest BCUT2D eigenvalue weighted by Gasteiger charge is 2.28. The molecule has 1 aromatic heterocycles. The Morgan fingerprint density at radius 3 is 3.20 bits per heavy atom. The molecule has 2 rings (SSSR count). The molecule has 8 heteroatoms. The number of carbonyl (C=O) groups is 2. The van der Waals surface area contributed by atoms with E-state index in [0.29, 0.717) is 6.54 Å². The Labute approximate surface area is 93.6 Å².